The number of alkyl halides is 8. The van der Waals surface area contributed by atoms with Gasteiger partial charge in [0.05, 0.1) is 0 Å². The molecule has 0 amide bonds. The van der Waals surface area contributed by atoms with Crippen molar-refractivity contribution in [2.24, 2.45) is 0 Å². The van der Waals surface area contributed by atoms with Crippen molar-refractivity contribution in [2.75, 3.05) is 0 Å². The molecule has 0 aromatic carbocycles. The quantitative estimate of drug-likeness (QED) is 0.342. The summed E-state index contributed by atoms with van der Waals surface area (Å²) in [5.74, 6) is -5.79. The Morgan fingerprint density at radius 3 is 1.53 bits per heavy atom. The molecule has 0 saturated carbocycles. The summed E-state index contributed by atoms with van der Waals surface area (Å²) in [6.07, 6.45) is -17.0. The third-order valence-electron chi connectivity index (χ3n) is 1.75. The fourth-order valence-electron chi connectivity index (χ4n) is 0.830. The molecule has 0 fully saturated rings. The van der Waals surface area contributed by atoms with E-state index in [1.807, 2.05) is 0 Å². The molecule has 0 aromatic rings. The zero-order chi connectivity index (χ0) is 14.9. The molecule has 0 aliphatic carbocycles. The van der Waals surface area contributed by atoms with E-state index in [-0.39, 0.29) is 51.4 Å². The van der Waals surface area contributed by atoms with Crippen LogP contribution in [0.4, 0.5) is 35.1 Å². The van der Waals surface area contributed by atoms with Crippen LogP contribution in [0.25, 0.3) is 0 Å². The van der Waals surface area contributed by atoms with Gasteiger partial charge in [-0.15, -0.1) is 0 Å². The van der Waals surface area contributed by atoms with E-state index in [2.05, 4.69) is 0 Å². The average Bonchev–Trinajstić information content (AvgIpc) is 2.23. The second-order valence-corrected chi connectivity index (χ2v) is 4.51. The van der Waals surface area contributed by atoms with Crippen LogP contribution in [0.5, 0.6) is 0 Å². The maximum Gasteiger partial charge on any atom is 1.00 e. The predicted octanol–water partition coefficient (Wildman–Crippen LogP) is -1.25. The van der Waals surface area contributed by atoms with Gasteiger partial charge in [0.25, 0.3) is 11.9 Å². The molecule has 0 aliphatic rings. The first-order valence-electron chi connectivity index (χ1n) is 4.00. The molecule has 19 heavy (non-hydrogen) atoms. The van der Waals surface area contributed by atoms with E-state index in [9.17, 15) is 48.1 Å². The maximum atomic E-state index is 12.6. The fourth-order valence-corrected chi connectivity index (χ4v) is 1.35. The molecule has 0 spiro atoms. The van der Waals surface area contributed by atoms with Crippen molar-refractivity contribution >= 4 is 10.1 Å². The van der Waals surface area contributed by atoms with Gasteiger partial charge in [-0.3, -0.25) is 0 Å². The standard InChI is InChI=1S/C6H6F8O3S.K/c7-1(2(8)4(10)11)3(9)6(13,14)5(12)18(15,16)17;/h1-5H,(H,15,16,17);/q;+1/p-1. The molecule has 13 heteroatoms. The molecule has 110 valence electrons. The maximum absolute atomic E-state index is 12.6. The van der Waals surface area contributed by atoms with Crippen LogP contribution in [0.2, 0.25) is 0 Å². The van der Waals surface area contributed by atoms with E-state index in [1.165, 1.54) is 0 Å². The summed E-state index contributed by atoms with van der Waals surface area (Å²) >= 11 is 0. The van der Waals surface area contributed by atoms with Gasteiger partial charge < -0.3 is 4.55 Å². The fraction of sp³-hybridized carbons (Fsp3) is 1.00. The molecular formula is C6H5F8KO3S. The van der Waals surface area contributed by atoms with Crippen LogP contribution in [0.15, 0.2) is 0 Å². The minimum absolute atomic E-state index is 0. The van der Waals surface area contributed by atoms with Crippen molar-refractivity contribution in [1.82, 2.24) is 0 Å². The van der Waals surface area contributed by atoms with Gasteiger partial charge in [-0.05, 0) is 0 Å². The summed E-state index contributed by atoms with van der Waals surface area (Å²) in [7, 11) is -6.37. The number of halogens is 8. The van der Waals surface area contributed by atoms with Crippen LogP contribution in [0, 0.1) is 0 Å². The average molecular weight is 348 g/mol. The summed E-state index contributed by atoms with van der Waals surface area (Å²) in [4.78, 5) is 0. The van der Waals surface area contributed by atoms with Gasteiger partial charge in [0.15, 0.2) is 12.3 Å². The van der Waals surface area contributed by atoms with Gasteiger partial charge in [-0.2, -0.15) is 8.78 Å². The van der Waals surface area contributed by atoms with Crippen LogP contribution < -0.4 is 51.4 Å². The Morgan fingerprint density at radius 1 is 0.895 bits per heavy atom. The Morgan fingerprint density at radius 2 is 1.26 bits per heavy atom. The van der Waals surface area contributed by atoms with Crippen molar-refractivity contribution in [3.63, 3.8) is 0 Å². The van der Waals surface area contributed by atoms with Gasteiger partial charge in [-0.25, -0.2) is 34.8 Å². The van der Waals surface area contributed by atoms with Gasteiger partial charge in [0.2, 0.25) is 6.17 Å². The molecule has 0 heterocycles. The number of hydrogen-bond donors (Lipinski definition) is 0. The molecule has 0 rings (SSSR count). The first kappa shape index (κ1) is 22.3. The Balaban J connectivity index is 0. The zero-order valence-electron chi connectivity index (χ0n) is 9.04. The van der Waals surface area contributed by atoms with Crippen LogP contribution in [0.3, 0.4) is 0 Å². The normalized spacial score (nSPS) is 19.5. The summed E-state index contributed by atoms with van der Waals surface area (Å²) < 4.78 is 128. The van der Waals surface area contributed by atoms with E-state index in [1.54, 1.807) is 0 Å². The minimum atomic E-state index is -6.37. The topological polar surface area (TPSA) is 57.2 Å². The summed E-state index contributed by atoms with van der Waals surface area (Å²) in [6.45, 7) is 0. The number of hydrogen-bond acceptors (Lipinski definition) is 3. The third-order valence-corrected chi connectivity index (χ3v) is 2.57. The minimum Gasteiger partial charge on any atom is -0.746 e. The molecule has 0 saturated heterocycles. The second kappa shape index (κ2) is 7.84. The van der Waals surface area contributed by atoms with Crippen LogP contribution in [-0.2, 0) is 10.1 Å². The van der Waals surface area contributed by atoms with E-state index < -0.39 is 46.5 Å². The summed E-state index contributed by atoms with van der Waals surface area (Å²) in [5.41, 5.74) is -4.72. The molecule has 3 nitrogen and oxygen atoms in total. The van der Waals surface area contributed by atoms with Crippen molar-refractivity contribution in [3.8, 4) is 0 Å². The van der Waals surface area contributed by atoms with E-state index in [0.717, 1.165) is 0 Å². The molecule has 0 radical (unpaired) electrons. The smallest absolute Gasteiger partial charge is 0.746 e. The predicted molar refractivity (Wildman–Crippen MR) is 40.2 cm³/mol. The van der Waals surface area contributed by atoms with Crippen LogP contribution in [0.1, 0.15) is 0 Å². The van der Waals surface area contributed by atoms with E-state index >= 15 is 0 Å². The van der Waals surface area contributed by atoms with Crippen molar-refractivity contribution in [2.45, 2.75) is 36.4 Å². The molecule has 0 aromatic heterocycles. The molecule has 4 unspecified atom stereocenters. The Bertz CT molecular complexity index is 377. The molecule has 0 N–H and O–H groups in total. The molecular weight excluding hydrogens is 343 g/mol. The largest absolute Gasteiger partial charge is 1.00 e. The van der Waals surface area contributed by atoms with Gasteiger partial charge in [-0.1, -0.05) is 0 Å². The zero-order valence-corrected chi connectivity index (χ0v) is 13.0. The summed E-state index contributed by atoms with van der Waals surface area (Å²) in [5, 5.41) is 0. The SMILES string of the molecule is O=S(=O)([O-])C(F)C(F)(F)C(F)C(F)C(F)C(F)F.[K+]. The third kappa shape index (κ3) is 5.71. The molecule has 4 atom stereocenters. The number of rotatable bonds is 6. The van der Waals surface area contributed by atoms with Gasteiger partial charge in [0.1, 0.15) is 10.1 Å². The first-order valence-corrected chi connectivity index (χ1v) is 5.47. The Labute approximate surface area is 144 Å². The second-order valence-electron chi connectivity index (χ2n) is 3.11. The van der Waals surface area contributed by atoms with Crippen molar-refractivity contribution < 1.29 is 99.5 Å². The molecule has 0 aliphatic heterocycles. The van der Waals surface area contributed by atoms with Crippen LogP contribution in [-0.4, -0.2) is 49.3 Å². The monoisotopic (exact) mass is 348 g/mol. The van der Waals surface area contributed by atoms with E-state index in [4.69, 9.17) is 0 Å². The Kier molecular flexibility index (Phi) is 9.19. The summed E-state index contributed by atoms with van der Waals surface area (Å²) in [6, 6.07) is 0. The van der Waals surface area contributed by atoms with E-state index in [0.29, 0.717) is 0 Å². The first-order chi connectivity index (χ1) is 7.83. The molecule has 0 bridgehead atoms. The van der Waals surface area contributed by atoms with Crippen LogP contribution >= 0.6 is 0 Å². The van der Waals surface area contributed by atoms with Crippen molar-refractivity contribution in [1.29, 1.82) is 0 Å². The Hall–Kier alpha value is 0.986. The van der Waals surface area contributed by atoms with Gasteiger partial charge >= 0.3 is 57.3 Å². The van der Waals surface area contributed by atoms with Crippen molar-refractivity contribution in [3.05, 3.63) is 0 Å². The van der Waals surface area contributed by atoms with Gasteiger partial charge in [0, 0.05) is 0 Å².